The molecule has 1 aliphatic rings. The molecule has 2 atom stereocenters. The molecule has 0 radical (unpaired) electrons. The Morgan fingerprint density at radius 2 is 1.71 bits per heavy atom. The highest BCUT2D eigenvalue weighted by Gasteiger charge is 2.29. The van der Waals surface area contributed by atoms with E-state index in [0.29, 0.717) is 6.54 Å². The number of carbonyl (C=O) groups is 2. The van der Waals surface area contributed by atoms with Crippen molar-refractivity contribution in [1.82, 2.24) is 20.6 Å². The van der Waals surface area contributed by atoms with Crippen LogP contribution in [0.3, 0.4) is 0 Å². The summed E-state index contributed by atoms with van der Waals surface area (Å²) in [5.74, 6) is -1.05. The maximum Gasteiger partial charge on any atom is 0.272 e. The molecule has 150 valence electrons. The number of benzene rings is 1. The van der Waals surface area contributed by atoms with E-state index >= 15 is 0 Å². The highest BCUT2D eigenvalue weighted by atomic mass is 35.5. The van der Waals surface area contributed by atoms with Gasteiger partial charge in [0, 0.05) is 25.0 Å². The quantitative estimate of drug-likeness (QED) is 0.676. The van der Waals surface area contributed by atoms with Gasteiger partial charge in [-0.05, 0) is 43.0 Å². The molecule has 0 spiro atoms. The minimum Gasteiger partial charge on any atom is -0.348 e. The van der Waals surface area contributed by atoms with E-state index in [2.05, 4.69) is 20.6 Å². The number of nitrogens with zero attached hydrogens (tertiary/aromatic N) is 2. The van der Waals surface area contributed by atoms with Crippen molar-refractivity contribution in [2.24, 2.45) is 11.7 Å². The van der Waals surface area contributed by atoms with Gasteiger partial charge in [-0.3, -0.25) is 9.59 Å². The molecule has 0 bridgehead atoms. The Kier molecular flexibility index (Phi) is 7.83. The third-order valence-corrected chi connectivity index (χ3v) is 4.77. The van der Waals surface area contributed by atoms with Crippen molar-refractivity contribution in [3.8, 4) is 0 Å². The Hall–Kier alpha value is -2.58. The zero-order valence-electron chi connectivity index (χ0n) is 15.2. The van der Waals surface area contributed by atoms with Gasteiger partial charge in [-0.25, -0.2) is 14.4 Å². The van der Waals surface area contributed by atoms with Crippen LogP contribution in [0.15, 0.2) is 36.7 Å². The van der Waals surface area contributed by atoms with Gasteiger partial charge in [0.1, 0.15) is 5.82 Å². The summed E-state index contributed by atoms with van der Waals surface area (Å²) >= 11 is 0. The molecule has 2 aromatic rings. The normalized spacial score (nSPS) is 18.2. The second kappa shape index (κ2) is 10.1. The minimum absolute atomic E-state index is 0. The molecular weight excluding hydrogens is 385 g/mol. The average Bonchev–Trinajstić information content (AvgIpc) is 3.14. The Labute approximate surface area is 168 Å². The molecular formula is C19H23ClFN5O2. The predicted molar refractivity (Wildman–Crippen MR) is 104 cm³/mol. The van der Waals surface area contributed by atoms with E-state index < -0.39 is 11.8 Å². The fourth-order valence-corrected chi connectivity index (χ4v) is 3.28. The van der Waals surface area contributed by atoms with E-state index in [4.69, 9.17) is 5.73 Å². The van der Waals surface area contributed by atoms with Crippen molar-refractivity contribution in [1.29, 1.82) is 0 Å². The summed E-state index contributed by atoms with van der Waals surface area (Å²) in [5, 5.41) is 5.61. The lowest BCUT2D eigenvalue weighted by molar-refractivity contribution is 0.0895. The molecule has 4 N–H and O–H groups in total. The van der Waals surface area contributed by atoms with Gasteiger partial charge < -0.3 is 16.4 Å². The standard InChI is InChI=1S/C19H22FN5O2.ClH/c20-14-6-4-12(5-7-14)11-24-18(26)16-17(23-9-8-22-16)19(27)25-15-3-1-2-13(15)10-21;/h4-9,13,15H,1-3,10-11,21H2,(H,24,26)(H,25,27);1H. The lowest BCUT2D eigenvalue weighted by Gasteiger charge is -2.19. The first-order valence-corrected chi connectivity index (χ1v) is 8.93. The first kappa shape index (κ1) is 21.7. The van der Waals surface area contributed by atoms with Crippen molar-refractivity contribution in [2.75, 3.05) is 6.54 Å². The van der Waals surface area contributed by atoms with Crippen LogP contribution in [0.5, 0.6) is 0 Å². The summed E-state index contributed by atoms with van der Waals surface area (Å²) < 4.78 is 13.0. The molecule has 1 aliphatic carbocycles. The second-order valence-corrected chi connectivity index (χ2v) is 6.57. The first-order chi connectivity index (χ1) is 13.1. The Bertz CT molecular complexity index is 818. The lowest BCUT2D eigenvalue weighted by atomic mass is 10.0. The van der Waals surface area contributed by atoms with Gasteiger partial charge in [0.15, 0.2) is 11.4 Å². The van der Waals surface area contributed by atoms with Crippen molar-refractivity contribution in [3.63, 3.8) is 0 Å². The number of carbonyl (C=O) groups excluding carboxylic acids is 2. The molecule has 1 heterocycles. The van der Waals surface area contributed by atoms with E-state index in [0.717, 1.165) is 24.8 Å². The number of amides is 2. The number of rotatable bonds is 6. The van der Waals surface area contributed by atoms with Crippen LogP contribution < -0.4 is 16.4 Å². The van der Waals surface area contributed by atoms with Crippen molar-refractivity contribution in [2.45, 2.75) is 31.8 Å². The fourth-order valence-electron chi connectivity index (χ4n) is 3.28. The third-order valence-electron chi connectivity index (χ3n) is 4.77. The molecule has 1 aromatic carbocycles. The molecule has 3 rings (SSSR count). The van der Waals surface area contributed by atoms with Crippen LogP contribution in [0.2, 0.25) is 0 Å². The maximum atomic E-state index is 13.0. The van der Waals surface area contributed by atoms with E-state index in [1.165, 1.54) is 24.5 Å². The molecule has 1 fully saturated rings. The molecule has 1 aromatic heterocycles. The second-order valence-electron chi connectivity index (χ2n) is 6.57. The van der Waals surface area contributed by atoms with Gasteiger partial charge in [-0.15, -0.1) is 12.4 Å². The smallest absolute Gasteiger partial charge is 0.272 e. The molecule has 1 saturated carbocycles. The Balaban J connectivity index is 0.00000280. The maximum absolute atomic E-state index is 13.0. The van der Waals surface area contributed by atoms with Gasteiger partial charge in [-0.1, -0.05) is 18.6 Å². The van der Waals surface area contributed by atoms with Crippen molar-refractivity contribution < 1.29 is 14.0 Å². The van der Waals surface area contributed by atoms with E-state index in [1.807, 2.05) is 0 Å². The Morgan fingerprint density at radius 3 is 2.36 bits per heavy atom. The van der Waals surface area contributed by atoms with Gasteiger partial charge >= 0.3 is 0 Å². The monoisotopic (exact) mass is 407 g/mol. The number of hydrogen-bond donors (Lipinski definition) is 3. The van der Waals surface area contributed by atoms with Crippen LogP contribution in [0.1, 0.15) is 45.8 Å². The van der Waals surface area contributed by atoms with Crippen molar-refractivity contribution in [3.05, 3.63) is 59.4 Å². The molecule has 9 heteroatoms. The number of hydrogen-bond acceptors (Lipinski definition) is 5. The van der Waals surface area contributed by atoms with Crippen LogP contribution in [-0.4, -0.2) is 34.4 Å². The van der Waals surface area contributed by atoms with E-state index in [1.54, 1.807) is 12.1 Å². The van der Waals surface area contributed by atoms with Crippen LogP contribution in [0.4, 0.5) is 4.39 Å². The van der Waals surface area contributed by atoms with Gasteiger partial charge in [0.2, 0.25) is 0 Å². The molecule has 2 amide bonds. The number of nitrogens with one attached hydrogen (secondary N) is 2. The summed E-state index contributed by atoms with van der Waals surface area (Å²) in [4.78, 5) is 33.2. The molecule has 28 heavy (non-hydrogen) atoms. The number of aromatic nitrogens is 2. The number of nitrogens with two attached hydrogens (primary N) is 1. The summed E-state index contributed by atoms with van der Waals surface area (Å²) in [5.41, 5.74) is 6.43. The minimum atomic E-state index is -0.514. The number of halogens is 2. The average molecular weight is 408 g/mol. The lowest BCUT2D eigenvalue weighted by Crippen LogP contribution is -2.41. The first-order valence-electron chi connectivity index (χ1n) is 8.93. The largest absolute Gasteiger partial charge is 0.348 e. The molecule has 2 unspecified atom stereocenters. The van der Waals surface area contributed by atoms with Crippen LogP contribution in [-0.2, 0) is 6.54 Å². The zero-order chi connectivity index (χ0) is 19.2. The van der Waals surface area contributed by atoms with Crippen molar-refractivity contribution >= 4 is 24.2 Å². The zero-order valence-corrected chi connectivity index (χ0v) is 16.0. The SMILES string of the molecule is Cl.NCC1CCCC1NC(=O)c1nccnc1C(=O)NCc1ccc(F)cc1. The topological polar surface area (TPSA) is 110 Å². The highest BCUT2D eigenvalue weighted by Crippen LogP contribution is 2.24. The summed E-state index contributed by atoms with van der Waals surface area (Å²) in [6, 6.07) is 5.77. The predicted octanol–water partition coefficient (Wildman–Crippen LogP) is 1.82. The van der Waals surface area contributed by atoms with Gasteiger partial charge in [0.05, 0.1) is 0 Å². The van der Waals surface area contributed by atoms with E-state index in [9.17, 15) is 14.0 Å². The summed E-state index contributed by atoms with van der Waals surface area (Å²) in [6.07, 6.45) is 5.59. The Morgan fingerprint density at radius 1 is 1.07 bits per heavy atom. The van der Waals surface area contributed by atoms with Crippen LogP contribution >= 0.6 is 12.4 Å². The molecule has 0 aliphatic heterocycles. The molecule has 7 nitrogen and oxygen atoms in total. The summed E-state index contributed by atoms with van der Waals surface area (Å²) in [7, 11) is 0. The van der Waals surface area contributed by atoms with E-state index in [-0.39, 0.29) is 48.1 Å². The summed E-state index contributed by atoms with van der Waals surface area (Å²) in [6.45, 7) is 0.699. The fraction of sp³-hybridized carbons (Fsp3) is 0.368. The van der Waals surface area contributed by atoms with Gasteiger partial charge in [-0.2, -0.15) is 0 Å². The third kappa shape index (κ3) is 5.24. The van der Waals surface area contributed by atoms with Crippen LogP contribution in [0.25, 0.3) is 0 Å². The van der Waals surface area contributed by atoms with Gasteiger partial charge in [0.25, 0.3) is 11.8 Å². The van der Waals surface area contributed by atoms with Crippen LogP contribution in [0, 0.1) is 11.7 Å². The highest BCUT2D eigenvalue weighted by molar-refractivity contribution is 6.04. The molecule has 0 saturated heterocycles.